The van der Waals surface area contributed by atoms with Crippen LogP contribution in [0.2, 0.25) is 0 Å². The summed E-state index contributed by atoms with van der Waals surface area (Å²) in [6.07, 6.45) is 1.72. The highest BCUT2D eigenvalue weighted by atomic mass is 16.2. The third kappa shape index (κ3) is 6.11. The van der Waals surface area contributed by atoms with Crippen molar-refractivity contribution in [3.8, 4) is 6.07 Å². The van der Waals surface area contributed by atoms with Gasteiger partial charge >= 0.3 is 0 Å². The van der Waals surface area contributed by atoms with E-state index in [1.807, 2.05) is 31.2 Å². The molecule has 2 aromatic rings. The Labute approximate surface area is 147 Å². The van der Waals surface area contributed by atoms with Crippen molar-refractivity contribution in [3.63, 3.8) is 0 Å². The van der Waals surface area contributed by atoms with E-state index in [1.165, 1.54) is 5.56 Å². The van der Waals surface area contributed by atoms with Crippen LogP contribution in [-0.2, 0) is 11.2 Å². The average Bonchev–Trinajstić information content (AvgIpc) is 2.65. The quantitative estimate of drug-likeness (QED) is 0.815. The Hall–Kier alpha value is -3.13. The molecule has 0 saturated carbocycles. The summed E-state index contributed by atoms with van der Waals surface area (Å²) in [7, 11) is 0. The van der Waals surface area contributed by atoms with Gasteiger partial charge < -0.3 is 10.6 Å². The highest BCUT2D eigenvalue weighted by Gasteiger charge is 2.10. The van der Waals surface area contributed by atoms with Crippen LogP contribution in [0.25, 0.3) is 0 Å². The van der Waals surface area contributed by atoms with Crippen molar-refractivity contribution in [2.24, 2.45) is 0 Å². The summed E-state index contributed by atoms with van der Waals surface area (Å²) in [5.74, 6) is -0.556. The van der Waals surface area contributed by atoms with E-state index >= 15 is 0 Å². The number of amides is 2. The lowest BCUT2D eigenvalue weighted by atomic mass is 10.1. The molecule has 1 atom stereocenters. The summed E-state index contributed by atoms with van der Waals surface area (Å²) >= 11 is 0. The fraction of sp³-hybridized carbons (Fsp3) is 0.250. The Kier molecular flexibility index (Phi) is 6.73. The van der Waals surface area contributed by atoms with Crippen LogP contribution in [0.1, 0.15) is 34.8 Å². The molecule has 128 valence electrons. The second-order valence-corrected chi connectivity index (χ2v) is 5.86. The first-order chi connectivity index (χ1) is 12.1. The first-order valence-corrected chi connectivity index (χ1v) is 8.20. The SMILES string of the molecule is C[C@@H](CCc1ccccc1)NC(=O)CNC(=O)c1ccc(C#N)cc1. The summed E-state index contributed by atoms with van der Waals surface area (Å²) in [5.41, 5.74) is 2.14. The van der Waals surface area contributed by atoms with Crippen molar-refractivity contribution in [3.05, 3.63) is 71.3 Å². The number of carbonyl (C=O) groups is 2. The first kappa shape index (κ1) is 18.2. The number of rotatable bonds is 7. The number of nitrogens with zero attached hydrogens (tertiary/aromatic N) is 1. The summed E-state index contributed by atoms with van der Waals surface area (Å²) in [4.78, 5) is 23.9. The highest BCUT2D eigenvalue weighted by molar-refractivity contribution is 5.96. The number of nitriles is 1. The van der Waals surface area contributed by atoms with Gasteiger partial charge in [0.1, 0.15) is 0 Å². The van der Waals surface area contributed by atoms with Crippen LogP contribution in [0.15, 0.2) is 54.6 Å². The lowest BCUT2D eigenvalue weighted by Gasteiger charge is -2.14. The summed E-state index contributed by atoms with van der Waals surface area (Å²) in [5, 5.41) is 14.2. The van der Waals surface area contributed by atoms with Crippen LogP contribution < -0.4 is 10.6 Å². The zero-order valence-electron chi connectivity index (χ0n) is 14.2. The third-order valence-electron chi connectivity index (χ3n) is 3.80. The van der Waals surface area contributed by atoms with Gasteiger partial charge in [0.2, 0.25) is 5.91 Å². The van der Waals surface area contributed by atoms with E-state index in [1.54, 1.807) is 24.3 Å². The van der Waals surface area contributed by atoms with E-state index in [0.717, 1.165) is 12.8 Å². The van der Waals surface area contributed by atoms with Crippen molar-refractivity contribution >= 4 is 11.8 Å². The van der Waals surface area contributed by atoms with Crippen molar-refractivity contribution < 1.29 is 9.59 Å². The van der Waals surface area contributed by atoms with Crippen LogP contribution in [0.4, 0.5) is 0 Å². The van der Waals surface area contributed by atoms with Crippen molar-refractivity contribution in [1.82, 2.24) is 10.6 Å². The van der Waals surface area contributed by atoms with E-state index < -0.39 is 0 Å². The molecule has 0 fully saturated rings. The average molecular weight is 335 g/mol. The van der Waals surface area contributed by atoms with Gasteiger partial charge in [-0.2, -0.15) is 5.26 Å². The highest BCUT2D eigenvalue weighted by Crippen LogP contribution is 2.05. The number of aryl methyl sites for hydroxylation is 1. The van der Waals surface area contributed by atoms with Crippen molar-refractivity contribution in [2.75, 3.05) is 6.54 Å². The molecule has 5 heteroatoms. The molecule has 2 amide bonds. The molecule has 0 aliphatic rings. The van der Waals surface area contributed by atoms with Gasteiger partial charge in [0, 0.05) is 11.6 Å². The standard InChI is InChI=1S/C20H21N3O2/c1-15(7-8-16-5-3-2-4-6-16)23-19(24)14-22-20(25)18-11-9-17(13-21)10-12-18/h2-6,9-12,15H,7-8,14H2,1H3,(H,22,25)(H,23,24)/t15-/m0/s1. The van der Waals surface area contributed by atoms with Crippen molar-refractivity contribution in [2.45, 2.75) is 25.8 Å². The number of hydrogen-bond acceptors (Lipinski definition) is 3. The summed E-state index contributed by atoms with van der Waals surface area (Å²) < 4.78 is 0. The van der Waals surface area contributed by atoms with Crippen LogP contribution in [0.3, 0.4) is 0 Å². The molecule has 0 bridgehead atoms. The Morgan fingerprint density at radius 1 is 1.08 bits per heavy atom. The van der Waals surface area contributed by atoms with Gasteiger partial charge in [0.25, 0.3) is 5.91 Å². The van der Waals surface area contributed by atoms with Gasteiger partial charge in [-0.05, 0) is 49.6 Å². The molecule has 0 spiro atoms. The van der Waals surface area contributed by atoms with Crippen molar-refractivity contribution in [1.29, 1.82) is 5.26 Å². The second kappa shape index (κ2) is 9.24. The molecule has 0 heterocycles. The van der Waals surface area contributed by atoms with Crippen LogP contribution in [-0.4, -0.2) is 24.4 Å². The minimum atomic E-state index is -0.337. The molecule has 0 aliphatic carbocycles. The van der Waals surface area contributed by atoms with E-state index in [4.69, 9.17) is 5.26 Å². The van der Waals surface area contributed by atoms with Gasteiger partial charge in [-0.25, -0.2) is 0 Å². The van der Waals surface area contributed by atoms with Crippen LogP contribution in [0, 0.1) is 11.3 Å². The largest absolute Gasteiger partial charge is 0.352 e. The monoisotopic (exact) mass is 335 g/mol. The molecule has 0 aromatic heterocycles. The first-order valence-electron chi connectivity index (χ1n) is 8.20. The molecule has 0 radical (unpaired) electrons. The lowest BCUT2D eigenvalue weighted by Crippen LogP contribution is -2.41. The molecule has 2 rings (SSSR count). The molecule has 2 aromatic carbocycles. The van der Waals surface area contributed by atoms with Gasteiger partial charge in [-0.1, -0.05) is 30.3 Å². The number of nitrogens with one attached hydrogen (secondary N) is 2. The minimum absolute atomic E-state index is 0.0273. The Bertz CT molecular complexity index is 749. The second-order valence-electron chi connectivity index (χ2n) is 5.86. The van der Waals surface area contributed by atoms with E-state index in [0.29, 0.717) is 11.1 Å². The van der Waals surface area contributed by atoms with Crippen LogP contribution in [0.5, 0.6) is 0 Å². The fourth-order valence-corrected chi connectivity index (χ4v) is 2.38. The van der Waals surface area contributed by atoms with E-state index in [-0.39, 0.29) is 24.4 Å². The van der Waals surface area contributed by atoms with Gasteiger partial charge in [0.15, 0.2) is 0 Å². The molecular formula is C20H21N3O2. The van der Waals surface area contributed by atoms with Gasteiger partial charge in [-0.3, -0.25) is 9.59 Å². The topological polar surface area (TPSA) is 82.0 Å². The maximum absolute atomic E-state index is 12.0. The third-order valence-corrected chi connectivity index (χ3v) is 3.80. The number of carbonyl (C=O) groups excluding carboxylic acids is 2. The van der Waals surface area contributed by atoms with Crippen LogP contribution >= 0.6 is 0 Å². The Morgan fingerprint density at radius 3 is 2.40 bits per heavy atom. The van der Waals surface area contributed by atoms with E-state index in [9.17, 15) is 9.59 Å². The number of benzene rings is 2. The summed E-state index contributed by atoms with van der Waals surface area (Å²) in [6, 6.07) is 18.4. The minimum Gasteiger partial charge on any atom is -0.352 e. The molecular weight excluding hydrogens is 314 g/mol. The predicted molar refractivity (Wildman–Crippen MR) is 95.9 cm³/mol. The molecule has 2 N–H and O–H groups in total. The Balaban J connectivity index is 1.72. The molecule has 5 nitrogen and oxygen atoms in total. The fourth-order valence-electron chi connectivity index (χ4n) is 2.38. The normalized spacial score (nSPS) is 11.2. The summed E-state index contributed by atoms with van der Waals surface area (Å²) in [6.45, 7) is 1.87. The lowest BCUT2D eigenvalue weighted by molar-refractivity contribution is -0.120. The molecule has 0 unspecified atom stereocenters. The zero-order valence-corrected chi connectivity index (χ0v) is 14.2. The smallest absolute Gasteiger partial charge is 0.251 e. The van der Waals surface area contributed by atoms with Gasteiger partial charge in [0.05, 0.1) is 18.2 Å². The zero-order chi connectivity index (χ0) is 18.1. The predicted octanol–water partition coefficient (Wildman–Crippen LogP) is 2.43. The van der Waals surface area contributed by atoms with E-state index in [2.05, 4.69) is 22.8 Å². The molecule has 0 saturated heterocycles. The van der Waals surface area contributed by atoms with Gasteiger partial charge in [-0.15, -0.1) is 0 Å². The Morgan fingerprint density at radius 2 is 1.76 bits per heavy atom. The maximum Gasteiger partial charge on any atom is 0.251 e. The molecule has 25 heavy (non-hydrogen) atoms. The number of hydrogen-bond donors (Lipinski definition) is 2. The maximum atomic E-state index is 12.0. The molecule has 0 aliphatic heterocycles.